The molecule has 0 amide bonds. The molecular weight excluding hydrogens is 326 g/mol. The van der Waals surface area contributed by atoms with Gasteiger partial charge in [0.05, 0.1) is 5.69 Å². The van der Waals surface area contributed by atoms with Crippen molar-refractivity contribution in [3.05, 3.63) is 58.1 Å². The molecule has 7 heteroatoms. The first-order valence-corrected chi connectivity index (χ1v) is 8.14. The number of aromatic nitrogens is 2. The monoisotopic (exact) mass is 343 g/mol. The van der Waals surface area contributed by atoms with Crippen LogP contribution in [0.3, 0.4) is 0 Å². The van der Waals surface area contributed by atoms with Gasteiger partial charge in [0.15, 0.2) is 10.9 Å². The van der Waals surface area contributed by atoms with Crippen LogP contribution in [0, 0.1) is 6.92 Å². The number of hydrogen-bond donors (Lipinski definition) is 2. The molecule has 0 unspecified atom stereocenters. The van der Waals surface area contributed by atoms with Crippen molar-refractivity contribution >= 4 is 29.3 Å². The fourth-order valence-electron chi connectivity index (χ4n) is 2.02. The van der Waals surface area contributed by atoms with Crippen molar-refractivity contribution in [2.45, 2.75) is 25.4 Å². The summed E-state index contributed by atoms with van der Waals surface area (Å²) in [6.07, 6.45) is 1.85. The van der Waals surface area contributed by atoms with E-state index in [1.165, 1.54) is 6.08 Å². The van der Waals surface area contributed by atoms with E-state index < -0.39 is 5.97 Å². The van der Waals surface area contributed by atoms with E-state index in [0.29, 0.717) is 22.8 Å². The topological polar surface area (TPSA) is 106 Å². The number of allylic oxidation sites excluding steroid dienone is 1. The number of aryl methyl sites for hydroxylation is 2. The highest BCUT2D eigenvalue weighted by atomic mass is 32.2. The molecular formula is C17H17N3O3S. The average Bonchev–Trinajstić information content (AvgIpc) is 2.54. The van der Waals surface area contributed by atoms with E-state index in [1.807, 2.05) is 19.1 Å². The molecule has 0 aliphatic rings. The minimum atomic E-state index is -1.15. The second-order valence-corrected chi connectivity index (χ2v) is 5.90. The van der Waals surface area contributed by atoms with Crippen molar-refractivity contribution in [1.82, 2.24) is 9.97 Å². The lowest BCUT2D eigenvalue weighted by Crippen LogP contribution is -2.11. The lowest BCUT2D eigenvalue weighted by atomic mass is 10.1. The Hall–Kier alpha value is -2.67. The number of rotatable bonds is 6. The summed E-state index contributed by atoms with van der Waals surface area (Å²) in [5.41, 5.74) is 7.68. The van der Waals surface area contributed by atoms with Crippen LogP contribution >= 0.6 is 11.8 Å². The van der Waals surface area contributed by atoms with Crippen molar-refractivity contribution in [3.63, 3.8) is 0 Å². The number of ketones is 1. The van der Waals surface area contributed by atoms with E-state index in [-0.39, 0.29) is 17.2 Å². The van der Waals surface area contributed by atoms with E-state index in [9.17, 15) is 9.59 Å². The maximum absolute atomic E-state index is 12.0. The predicted molar refractivity (Wildman–Crippen MR) is 93.3 cm³/mol. The molecule has 1 aromatic carbocycles. The van der Waals surface area contributed by atoms with Crippen LogP contribution in [0.25, 0.3) is 0 Å². The zero-order chi connectivity index (χ0) is 17.7. The number of aromatic carboxylic acids is 1. The average molecular weight is 343 g/mol. The van der Waals surface area contributed by atoms with Crippen LogP contribution in [-0.4, -0.2) is 26.8 Å². The van der Waals surface area contributed by atoms with Gasteiger partial charge in [-0.2, -0.15) is 0 Å². The van der Waals surface area contributed by atoms with E-state index in [1.54, 1.807) is 24.5 Å². The summed E-state index contributed by atoms with van der Waals surface area (Å²) in [4.78, 5) is 31.4. The molecule has 2 rings (SSSR count). The number of carbonyl (C=O) groups is 2. The summed E-state index contributed by atoms with van der Waals surface area (Å²) >= 11 is 1.11. The summed E-state index contributed by atoms with van der Waals surface area (Å²) in [6, 6.07) is 7.27. The molecule has 0 saturated heterocycles. The third kappa shape index (κ3) is 4.20. The number of carboxylic acid groups (broad SMARTS) is 1. The Morgan fingerprint density at radius 3 is 2.50 bits per heavy atom. The lowest BCUT2D eigenvalue weighted by Gasteiger charge is -2.07. The molecule has 2 aromatic rings. The van der Waals surface area contributed by atoms with Gasteiger partial charge in [0.25, 0.3) is 0 Å². The fraction of sp³-hybridized carbons (Fsp3) is 0.176. The van der Waals surface area contributed by atoms with Crippen molar-refractivity contribution in [3.8, 4) is 0 Å². The number of carboxylic acids is 1. The molecule has 0 aliphatic carbocycles. The van der Waals surface area contributed by atoms with Crippen LogP contribution in [0.4, 0.5) is 5.82 Å². The second kappa shape index (κ2) is 7.74. The Balaban J connectivity index is 2.14. The van der Waals surface area contributed by atoms with Crippen LogP contribution in [0.2, 0.25) is 0 Å². The molecule has 1 aromatic heterocycles. The Bertz CT molecular complexity index is 801. The minimum absolute atomic E-state index is 0.0680. The fourth-order valence-corrected chi connectivity index (χ4v) is 2.64. The van der Waals surface area contributed by atoms with E-state index in [0.717, 1.165) is 17.3 Å². The van der Waals surface area contributed by atoms with Gasteiger partial charge < -0.3 is 10.8 Å². The normalized spacial score (nSPS) is 10.9. The Morgan fingerprint density at radius 2 is 1.92 bits per heavy atom. The molecule has 0 fully saturated rings. The number of benzene rings is 1. The van der Waals surface area contributed by atoms with E-state index in [2.05, 4.69) is 9.97 Å². The zero-order valence-electron chi connectivity index (χ0n) is 13.3. The van der Waals surface area contributed by atoms with Crippen LogP contribution in [0.1, 0.15) is 38.9 Å². The Labute approximate surface area is 143 Å². The van der Waals surface area contributed by atoms with Gasteiger partial charge in [-0.15, -0.1) is 0 Å². The number of nitrogens with zero attached hydrogens (tertiary/aromatic N) is 2. The lowest BCUT2D eigenvalue weighted by molar-refractivity contribution is 0.0695. The summed E-state index contributed by atoms with van der Waals surface area (Å²) in [6.45, 7) is 3.74. The molecule has 124 valence electrons. The van der Waals surface area contributed by atoms with E-state index >= 15 is 0 Å². The molecule has 1 heterocycles. The Kier molecular flexibility index (Phi) is 5.70. The molecule has 3 N–H and O–H groups in total. The summed E-state index contributed by atoms with van der Waals surface area (Å²) in [5.74, 6) is -1.35. The Morgan fingerprint density at radius 1 is 1.25 bits per heavy atom. The maximum Gasteiger partial charge on any atom is 0.341 e. The molecule has 0 spiro atoms. The first-order valence-electron chi connectivity index (χ1n) is 7.26. The van der Waals surface area contributed by atoms with Gasteiger partial charge in [-0.25, -0.2) is 14.8 Å². The molecule has 0 bridgehead atoms. The van der Waals surface area contributed by atoms with Gasteiger partial charge in [-0.05, 0) is 24.8 Å². The molecule has 6 nitrogen and oxygen atoms in total. The van der Waals surface area contributed by atoms with Gasteiger partial charge in [-0.3, -0.25) is 4.79 Å². The highest BCUT2D eigenvalue weighted by Gasteiger charge is 2.17. The zero-order valence-corrected chi connectivity index (χ0v) is 14.1. The van der Waals surface area contributed by atoms with Gasteiger partial charge in [-0.1, -0.05) is 48.5 Å². The minimum Gasteiger partial charge on any atom is -0.477 e. The standard InChI is InChI=1S/C17H17N3O3S/c1-3-12-14(16(22)23)15(18)20-17(19-12)24-9-8-13(21)11-6-4-10(2)5-7-11/h4-9H,3H2,1-2H3,(H,22,23)(H2,18,19,20)/b9-8+. The van der Waals surface area contributed by atoms with Crippen LogP contribution in [0.15, 0.2) is 40.9 Å². The summed E-state index contributed by atoms with van der Waals surface area (Å²) in [5, 5.41) is 11.0. The number of hydrogen-bond acceptors (Lipinski definition) is 6. The number of thioether (sulfide) groups is 1. The van der Waals surface area contributed by atoms with Crippen LogP contribution in [-0.2, 0) is 6.42 Å². The van der Waals surface area contributed by atoms with Crippen molar-refractivity contribution in [2.75, 3.05) is 5.73 Å². The summed E-state index contributed by atoms with van der Waals surface area (Å²) in [7, 11) is 0. The van der Waals surface area contributed by atoms with Crippen LogP contribution in [0.5, 0.6) is 0 Å². The van der Waals surface area contributed by atoms with Crippen LogP contribution < -0.4 is 5.73 Å². The first-order chi connectivity index (χ1) is 11.4. The molecule has 0 saturated carbocycles. The second-order valence-electron chi connectivity index (χ2n) is 5.02. The highest BCUT2D eigenvalue weighted by Crippen LogP contribution is 2.21. The number of carbonyl (C=O) groups excluding carboxylic acids is 1. The predicted octanol–water partition coefficient (Wildman–Crippen LogP) is 3.12. The van der Waals surface area contributed by atoms with Gasteiger partial charge >= 0.3 is 5.97 Å². The first kappa shape index (κ1) is 17.7. The van der Waals surface area contributed by atoms with Crippen molar-refractivity contribution in [2.24, 2.45) is 0 Å². The van der Waals surface area contributed by atoms with Gasteiger partial charge in [0.1, 0.15) is 11.4 Å². The quantitative estimate of drug-likeness (QED) is 0.359. The number of nitrogens with two attached hydrogens (primary N) is 1. The SMILES string of the molecule is CCc1nc(S/C=C/C(=O)c2ccc(C)cc2)nc(N)c1C(=O)O. The van der Waals surface area contributed by atoms with Crippen molar-refractivity contribution in [1.29, 1.82) is 0 Å². The van der Waals surface area contributed by atoms with E-state index in [4.69, 9.17) is 10.8 Å². The van der Waals surface area contributed by atoms with Gasteiger partial charge in [0.2, 0.25) is 0 Å². The molecule has 24 heavy (non-hydrogen) atoms. The van der Waals surface area contributed by atoms with Gasteiger partial charge in [0, 0.05) is 5.56 Å². The number of nitrogen functional groups attached to an aromatic ring is 1. The smallest absolute Gasteiger partial charge is 0.341 e. The summed E-state index contributed by atoms with van der Waals surface area (Å²) < 4.78 is 0. The third-order valence-corrected chi connectivity index (χ3v) is 3.93. The molecule has 0 radical (unpaired) electrons. The maximum atomic E-state index is 12.0. The highest BCUT2D eigenvalue weighted by molar-refractivity contribution is 8.02. The molecule has 0 atom stereocenters. The molecule has 0 aliphatic heterocycles. The van der Waals surface area contributed by atoms with Crippen molar-refractivity contribution < 1.29 is 14.7 Å². The largest absolute Gasteiger partial charge is 0.477 e. The number of anilines is 1. The third-order valence-electron chi connectivity index (χ3n) is 3.27.